The predicted octanol–water partition coefficient (Wildman–Crippen LogP) is 0.959. The highest BCUT2D eigenvalue weighted by Crippen LogP contribution is 2.33. The van der Waals surface area contributed by atoms with Gasteiger partial charge < -0.3 is 9.84 Å². The van der Waals surface area contributed by atoms with Crippen LogP contribution in [0.4, 0.5) is 0 Å². The molecule has 0 aliphatic heterocycles. The molecule has 0 heterocycles. The number of hydrogen-bond acceptors (Lipinski definition) is 4. The van der Waals surface area contributed by atoms with Crippen LogP contribution in [0.25, 0.3) is 0 Å². The Labute approximate surface area is 88.0 Å². The normalized spacial score (nSPS) is 32.3. The summed E-state index contributed by atoms with van der Waals surface area (Å²) in [4.78, 5) is 22.0. The summed E-state index contributed by atoms with van der Waals surface area (Å²) in [6, 6.07) is 0. The lowest BCUT2D eigenvalue weighted by molar-refractivity contribution is -0.149. The first-order valence-corrected chi connectivity index (χ1v) is 5.06. The molecule has 0 saturated heterocycles. The number of carboxylic acid groups (broad SMARTS) is 1. The average Bonchev–Trinajstić information content (AvgIpc) is 2.17. The second kappa shape index (κ2) is 4.68. The third-order valence-corrected chi connectivity index (χ3v) is 3.28. The van der Waals surface area contributed by atoms with E-state index in [1.807, 2.05) is 0 Å². The molecular weight excluding hydrogens is 204 g/mol. The quantitative estimate of drug-likeness (QED) is 0.535. The van der Waals surface area contributed by atoms with Gasteiger partial charge in [-0.1, -0.05) is 0 Å². The SMILES string of the molecule is COC(=O)C1CCC(S)C(C(=O)O)C1. The number of ether oxygens (including phenoxy) is 1. The Morgan fingerprint density at radius 1 is 1.43 bits per heavy atom. The molecule has 80 valence electrons. The fourth-order valence-electron chi connectivity index (χ4n) is 1.80. The Hall–Kier alpha value is -0.710. The van der Waals surface area contributed by atoms with Gasteiger partial charge in [-0.3, -0.25) is 9.59 Å². The standard InChI is InChI=1S/C9H14O4S/c1-13-9(12)5-2-3-7(14)6(4-5)8(10)11/h5-7,14H,2-4H2,1H3,(H,10,11). The number of carbonyl (C=O) groups is 2. The minimum Gasteiger partial charge on any atom is -0.481 e. The van der Waals surface area contributed by atoms with E-state index in [4.69, 9.17) is 5.11 Å². The summed E-state index contributed by atoms with van der Waals surface area (Å²) in [6.07, 6.45) is 1.67. The van der Waals surface area contributed by atoms with Crippen LogP contribution in [-0.2, 0) is 14.3 Å². The average molecular weight is 218 g/mol. The summed E-state index contributed by atoms with van der Waals surface area (Å²) in [5.74, 6) is -1.99. The van der Waals surface area contributed by atoms with Crippen molar-refractivity contribution in [1.82, 2.24) is 0 Å². The van der Waals surface area contributed by atoms with Crippen LogP contribution in [0, 0.1) is 11.8 Å². The molecule has 1 aliphatic rings. The molecule has 0 radical (unpaired) electrons. The summed E-state index contributed by atoms with van der Waals surface area (Å²) < 4.78 is 4.60. The van der Waals surface area contributed by atoms with Gasteiger partial charge >= 0.3 is 11.9 Å². The topological polar surface area (TPSA) is 63.6 Å². The van der Waals surface area contributed by atoms with Gasteiger partial charge in [0.1, 0.15) is 0 Å². The predicted molar refractivity (Wildman–Crippen MR) is 53.3 cm³/mol. The molecule has 1 fully saturated rings. The van der Waals surface area contributed by atoms with E-state index in [9.17, 15) is 9.59 Å². The van der Waals surface area contributed by atoms with Gasteiger partial charge in [0.05, 0.1) is 18.9 Å². The van der Waals surface area contributed by atoms with Crippen LogP contribution < -0.4 is 0 Å². The summed E-state index contributed by atoms with van der Waals surface area (Å²) >= 11 is 4.20. The molecule has 3 atom stereocenters. The fraction of sp³-hybridized carbons (Fsp3) is 0.778. The number of carbonyl (C=O) groups excluding carboxylic acids is 1. The number of methoxy groups -OCH3 is 1. The lowest BCUT2D eigenvalue weighted by atomic mass is 9.81. The van der Waals surface area contributed by atoms with E-state index in [0.717, 1.165) is 0 Å². The zero-order valence-corrected chi connectivity index (χ0v) is 8.87. The smallest absolute Gasteiger partial charge is 0.308 e. The molecule has 3 unspecified atom stereocenters. The van der Waals surface area contributed by atoms with Crippen molar-refractivity contribution < 1.29 is 19.4 Å². The third-order valence-electron chi connectivity index (χ3n) is 2.67. The molecular formula is C9H14O4S. The van der Waals surface area contributed by atoms with Crippen LogP contribution in [0.15, 0.2) is 0 Å². The van der Waals surface area contributed by atoms with Crippen molar-refractivity contribution in [3.63, 3.8) is 0 Å². The molecule has 0 bridgehead atoms. The van der Waals surface area contributed by atoms with Gasteiger partial charge in [0, 0.05) is 5.25 Å². The van der Waals surface area contributed by atoms with Crippen molar-refractivity contribution >= 4 is 24.6 Å². The summed E-state index contributed by atoms with van der Waals surface area (Å²) in [7, 11) is 1.32. The Kier molecular flexibility index (Phi) is 3.80. The summed E-state index contributed by atoms with van der Waals surface area (Å²) in [5, 5.41) is 8.73. The zero-order valence-electron chi connectivity index (χ0n) is 7.97. The number of hydrogen-bond donors (Lipinski definition) is 2. The van der Waals surface area contributed by atoms with Crippen molar-refractivity contribution in [2.24, 2.45) is 11.8 Å². The Morgan fingerprint density at radius 3 is 2.57 bits per heavy atom. The maximum atomic E-state index is 11.2. The first-order chi connectivity index (χ1) is 6.56. The van der Waals surface area contributed by atoms with Crippen LogP contribution in [0.2, 0.25) is 0 Å². The second-order valence-electron chi connectivity index (χ2n) is 3.55. The van der Waals surface area contributed by atoms with E-state index >= 15 is 0 Å². The van der Waals surface area contributed by atoms with Gasteiger partial charge in [-0.15, -0.1) is 0 Å². The van der Waals surface area contributed by atoms with E-state index in [-0.39, 0.29) is 17.1 Å². The highest BCUT2D eigenvalue weighted by atomic mass is 32.1. The minimum absolute atomic E-state index is 0.145. The lowest BCUT2D eigenvalue weighted by Crippen LogP contribution is -2.34. The molecule has 14 heavy (non-hydrogen) atoms. The van der Waals surface area contributed by atoms with Crippen LogP contribution >= 0.6 is 12.6 Å². The van der Waals surface area contributed by atoms with E-state index < -0.39 is 11.9 Å². The largest absolute Gasteiger partial charge is 0.481 e. The molecule has 0 aromatic carbocycles. The molecule has 0 aromatic rings. The van der Waals surface area contributed by atoms with E-state index in [1.165, 1.54) is 7.11 Å². The molecule has 0 aromatic heterocycles. The second-order valence-corrected chi connectivity index (χ2v) is 4.21. The molecule has 0 amide bonds. The van der Waals surface area contributed by atoms with Crippen LogP contribution in [0.3, 0.4) is 0 Å². The van der Waals surface area contributed by atoms with Crippen molar-refractivity contribution in [3.05, 3.63) is 0 Å². The number of aliphatic carboxylic acids is 1. The summed E-state index contributed by atoms with van der Waals surface area (Å²) in [5.41, 5.74) is 0. The Morgan fingerprint density at radius 2 is 2.07 bits per heavy atom. The Balaban J connectivity index is 2.62. The number of thiol groups is 1. The number of rotatable bonds is 2. The molecule has 4 nitrogen and oxygen atoms in total. The van der Waals surface area contributed by atoms with Crippen LogP contribution in [-0.4, -0.2) is 29.4 Å². The monoisotopic (exact) mass is 218 g/mol. The highest BCUT2D eigenvalue weighted by Gasteiger charge is 2.36. The van der Waals surface area contributed by atoms with E-state index in [1.54, 1.807) is 0 Å². The van der Waals surface area contributed by atoms with Crippen molar-refractivity contribution in [2.45, 2.75) is 24.5 Å². The van der Waals surface area contributed by atoms with Crippen molar-refractivity contribution in [1.29, 1.82) is 0 Å². The van der Waals surface area contributed by atoms with Gasteiger partial charge in [-0.2, -0.15) is 12.6 Å². The molecule has 1 rings (SSSR count). The fourth-order valence-corrected chi connectivity index (χ4v) is 2.20. The van der Waals surface area contributed by atoms with Gasteiger partial charge in [-0.25, -0.2) is 0 Å². The van der Waals surface area contributed by atoms with Gasteiger partial charge in [0.2, 0.25) is 0 Å². The molecule has 1 N–H and O–H groups in total. The maximum Gasteiger partial charge on any atom is 0.308 e. The first kappa shape index (κ1) is 11.4. The van der Waals surface area contributed by atoms with Crippen LogP contribution in [0.5, 0.6) is 0 Å². The van der Waals surface area contributed by atoms with Crippen molar-refractivity contribution in [2.75, 3.05) is 7.11 Å². The molecule has 5 heteroatoms. The van der Waals surface area contributed by atoms with E-state index in [0.29, 0.717) is 19.3 Å². The first-order valence-electron chi connectivity index (χ1n) is 4.55. The lowest BCUT2D eigenvalue weighted by Gasteiger charge is -2.29. The van der Waals surface area contributed by atoms with Gasteiger partial charge in [0.25, 0.3) is 0 Å². The van der Waals surface area contributed by atoms with Gasteiger partial charge in [0.15, 0.2) is 0 Å². The number of esters is 1. The van der Waals surface area contributed by atoms with Crippen molar-refractivity contribution in [3.8, 4) is 0 Å². The number of carboxylic acids is 1. The molecule has 0 spiro atoms. The van der Waals surface area contributed by atoms with E-state index in [2.05, 4.69) is 17.4 Å². The maximum absolute atomic E-state index is 11.2. The zero-order chi connectivity index (χ0) is 10.7. The summed E-state index contributed by atoms with van der Waals surface area (Å²) in [6.45, 7) is 0. The van der Waals surface area contributed by atoms with Gasteiger partial charge in [-0.05, 0) is 19.3 Å². The van der Waals surface area contributed by atoms with Crippen LogP contribution in [0.1, 0.15) is 19.3 Å². The molecule has 1 aliphatic carbocycles. The Bertz CT molecular complexity index is 241. The highest BCUT2D eigenvalue weighted by molar-refractivity contribution is 7.81. The third kappa shape index (κ3) is 2.41. The minimum atomic E-state index is -0.876. The molecule has 1 saturated carbocycles.